The van der Waals surface area contributed by atoms with Crippen molar-refractivity contribution in [3.63, 3.8) is 0 Å². The Hall–Kier alpha value is -2.67. The Morgan fingerprint density at radius 2 is 2.10 bits per heavy atom. The predicted octanol–water partition coefficient (Wildman–Crippen LogP) is 3.21. The van der Waals surface area contributed by atoms with Crippen LogP contribution in [-0.2, 0) is 14.4 Å². The van der Waals surface area contributed by atoms with E-state index in [0.717, 1.165) is 41.7 Å². The minimum atomic E-state index is -1.05. The summed E-state index contributed by atoms with van der Waals surface area (Å²) in [6.07, 6.45) is 2.31. The highest BCUT2D eigenvalue weighted by Gasteiger charge is 2.42. The fourth-order valence-corrected chi connectivity index (χ4v) is 4.37. The first-order valence-corrected chi connectivity index (χ1v) is 9.89. The fraction of sp³-hybridized carbons (Fsp3) is 0.500. The molecule has 155 valence electrons. The Bertz CT molecular complexity index is 843. The summed E-state index contributed by atoms with van der Waals surface area (Å²) >= 11 is 0. The molecule has 0 spiro atoms. The molecule has 1 radical (unpaired) electrons. The van der Waals surface area contributed by atoms with Crippen LogP contribution in [0.2, 0.25) is 0 Å². The van der Waals surface area contributed by atoms with E-state index in [-0.39, 0.29) is 24.5 Å². The number of carbonyl (C=O) groups excluding carboxylic acids is 1. The van der Waals surface area contributed by atoms with E-state index < -0.39 is 18.0 Å². The number of hydrogen-bond donors (Lipinski definition) is 2. The summed E-state index contributed by atoms with van der Waals surface area (Å²) in [5.74, 6) is -0.979. The number of carboxylic acid groups (broad SMARTS) is 1. The molecule has 0 amide bonds. The topological polar surface area (TPSA) is 105 Å². The largest absolute Gasteiger partial charge is 0.481 e. The number of benzene rings is 1. The van der Waals surface area contributed by atoms with Gasteiger partial charge in [0.1, 0.15) is 12.9 Å². The molecule has 1 aromatic carbocycles. The lowest BCUT2D eigenvalue weighted by Gasteiger charge is -2.28. The zero-order valence-corrected chi connectivity index (χ0v) is 16.7. The van der Waals surface area contributed by atoms with Gasteiger partial charge in [-0.1, -0.05) is 18.1 Å². The number of carbonyl (C=O) groups is 2. The van der Waals surface area contributed by atoms with Gasteiger partial charge < -0.3 is 19.8 Å². The van der Waals surface area contributed by atoms with E-state index in [1.807, 2.05) is 13.0 Å². The molecule has 7 heteroatoms. The van der Waals surface area contributed by atoms with Gasteiger partial charge in [0.25, 0.3) is 0 Å². The van der Waals surface area contributed by atoms with Gasteiger partial charge in [-0.15, -0.1) is 0 Å². The highest BCUT2D eigenvalue weighted by atomic mass is 16.6. The van der Waals surface area contributed by atoms with Crippen molar-refractivity contribution in [1.29, 1.82) is 0 Å². The summed E-state index contributed by atoms with van der Waals surface area (Å²) in [4.78, 5) is 27.6. The standard InChI is InChI=1S/C22H26NO6/c1-3-18(23-28-2)22-16(9-13-10-17(22)19(24)11-13)14-5-4-6-15(12-14)29-21(27)8-7-20(25)26/h4-5,12-13,17,19,24H,3,7-11H2,1-2H3,(H,25,26)/t13?,17-,19?/m0/s1. The van der Waals surface area contributed by atoms with Gasteiger partial charge in [0, 0.05) is 12.0 Å². The number of rotatable bonds is 8. The van der Waals surface area contributed by atoms with E-state index in [1.54, 1.807) is 12.1 Å². The minimum Gasteiger partial charge on any atom is -0.481 e. The monoisotopic (exact) mass is 400 g/mol. The van der Waals surface area contributed by atoms with Crippen LogP contribution >= 0.6 is 0 Å². The van der Waals surface area contributed by atoms with Crippen LogP contribution in [0.15, 0.2) is 28.9 Å². The number of ether oxygens (including phenoxy) is 1. The van der Waals surface area contributed by atoms with Gasteiger partial charge in [0.15, 0.2) is 0 Å². The maximum absolute atomic E-state index is 11.9. The lowest BCUT2D eigenvalue weighted by Crippen LogP contribution is -2.23. The normalized spacial score (nSPS) is 23.8. The number of aliphatic hydroxyl groups excluding tert-OH is 1. The third-order valence-electron chi connectivity index (χ3n) is 5.55. The second kappa shape index (κ2) is 9.22. The van der Waals surface area contributed by atoms with Gasteiger partial charge in [-0.05, 0) is 60.4 Å². The third kappa shape index (κ3) is 4.85. The summed E-state index contributed by atoms with van der Waals surface area (Å²) in [6, 6.07) is 8.21. The smallest absolute Gasteiger partial charge is 0.311 e. The van der Waals surface area contributed by atoms with E-state index in [0.29, 0.717) is 12.3 Å². The zero-order valence-electron chi connectivity index (χ0n) is 16.7. The molecule has 0 aromatic heterocycles. The average Bonchev–Trinajstić information content (AvgIpc) is 2.99. The van der Waals surface area contributed by atoms with Crippen LogP contribution in [0.25, 0.3) is 5.57 Å². The lowest BCUT2D eigenvalue weighted by atomic mass is 9.77. The molecular formula is C22H26NO6. The zero-order chi connectivity index (χ0) is 21.0. The number of aliphatic hydroxyl groups is 1. The SMILES string of the molecule is CCC(=NOC)C1=C(c2cc[c]c(OC(=O)CCC(=O)O)c2)CC2CC(O)[C@@H]1C2. The predicted molar refractivity (Wildman–Crippen MR) is 106 cm³/mol. The molecule has 29 heavy (non-hydrogen) atoms. The van der Waals surface area contributed by atoms with Gasteiger partial charge >= 0.3 is 11.9 Å². The molecule has 1 aromatic rings. The second-order valence-corrected chi connectivity index (χ2v) is 7.49. The molecule has 3 atom stereocenters. The van der Waals surface area contributed by atoms with Crippen molar-refractivity contribution in [3.05, 3.63) is 35.4 Å². The van der Waals surface area contributed by atoms with Crippen LogP contribution in [0.5, 0.6) is 5.75 Å². The summed E-state index contributed by atoms with van der Waals surface area (Å²) in [5.41, 5.74) is 3.81. The Labute approximate surface area is 170 Å². The Morgan fingerprint density at radius 1 is 1.31 bits per heavy atom. The quantitative estimate of drug-likeness (QED) is 0.300. The summed E-state index contributed by atoms with van der Waals surface area (Å²) in [7, 11) is 1.51. The molecule has 0 saturated heterocycles. The maximum atomic E-state index is 11.9. The molecule has 0 heterocycles. The molecule has 0 aliphatic heterocycles. The molecule has 3 rings (SSSR count). The highest BCUT2D eigenvalue weighted by molar-refractivity contribution is 6.07. The van der Waals surface area contributed by atoms with E-state index in [2.05, 4.69) is 11.2 Å². The van der Waals surface area contributed by atoms with Crippen LogP contribution in [0.4, 0.5) is 0 Å². The second-order valence-electron chi connectivity index (χ2n) is 7.49. The number of allylic oxidation sites excluding steroid dienone is 1. The maximum Gasteiger partial charge on any atom is 0.311 e. The average molecular weight is 400 g/mol. The fourth-order valence-electron chi connectivity index (χ4n) is 4.37. The molecular weight excluding hydrogens is 374 g/mol. The van der Waals surface area contributed by atoms with Crippen molar-refractivity contribution >= 4 is 23.2 Å². The van der Waals surface area contributed by atoms with Gasteiger partial charge in [-0.25, -0.2) is 0 Å². The molecule has 2 bridgehead atoms. The minimum absolute atomic E-state index is 0.0170. The first-order valence-electron chi connectivity index (χ1n) is 9.89. The van der Waals surface area contributed by atoms with Gasteiger partial charge in [-0.3, -0.25) is 9.59 Å². The van der Waals surface area contributed by atoms with E-state index in [4.69, 9.17) is 14.7 Å². The van der Waals surface area contributed by atoms with Gasteiger partial charge in [-0.2, -0.15) is 0 Å². The third-order valence-corrected chi connectivity index (χ3v) is 5.55. The number of esters is 1. The van der Waals surface area contributed by atoms with Crippen LogP contribution in [0.1, 0.15) is 51.0 Å². The Balaban J connectivity index is 1.94. The Morgan fingerprint density at radius 3 is 2.79 bits per heavy atom. The van der Waals surface area contributed by atoms with Crippen molar-refractivity contribution in [1.82, 2.24) is 0 Å². The summed E-state index contributed by atoms with van der Waals surface area (Å²) < 4.78 is 5.27. The number of hydrogen-bond acceptors (Lipinski definition) is 6. The molecule has 2 aliphatic rings. The van der Waals surface area contributed by atoms with Gasteiger partial charge in [0.2, 0.25) is 0 Å². The number of oxime groups is 1. The lowest BCUT2D eigenvalue weighted by molar-refractivity contribution is -0.142. The summed E-state index contributed by atoms with van der Waals surface area (Å²) in [6.45, 7) is 2.00. The van der Waals surface area contributed by atoms with Crippen LogP contribution < -0.4 is 4.74 Å². The molecule has 7 nitrogen and oxygen atoms in total. The van der Waals surface area contributed by atoms with E-state index >= 15 is 0 Å². The molecule has 1 fully saturated rings. The Kier molecular flexibility index (Phi) is 6.69. The van der Waals surface area contributed by atoms with Crippen molar-refractivity contribution < 1.29 is 29.4 Å². The van der Waals surface area contributed by atoms with E-state index in [9.17, 15) is 14.7 Å². The number of fused-ring (bicyclic) bond motifs is 2. The van der Waals surface area contributed by atoms with Crippen molar-refractivity contribution in [2.24, 2.45) is 17.0 Å². The van der Waals surface area contributed by atoms with Crippen molar-refractivity contribution in [3.8, 4) is 5.75 Å². The van der Waals surface area contributed by atoms with Gasteiger partial charge in [0.05, 0.1) is 24.7 Å². The first kappa shape index (κ1) is 21.0. The molecule has 1 saturated carbocycles. The first-order chi connectivity index (χ1) is 13.9. The molecule has 2 N–H and O–H groups in total. The number of nitrogens with zero attached hydrogens (tertiary/aromatic N) is 1. The molecule has 2 aliphatic carbocycles. The number of aliphatic carboxylic acids is 1. The molecule has 2 unspecified atom stereocenters. The highest BCUT2D eigenvalue weighted by Crippen LogP contribution is 2.49. The van der Waals surface area contributed by atoms with Crippen LogP contribution in [0, 0.1) is 17.9 Å². The summed E-state index contributed by atoms with van der Waals surface area (Å²) in [5, 5.41) is 23.5. The van der Waals surface area contributed by atoms with Crippen molar-refractivity contribution in [2.45, 2.75) is 51.6 Å². The van der Waals surface area contributed by atoms with E-state index in [1.165, 1.54) is 7.11 Å². The number of carboxylic acids is 1. The van der Waals surface area contributed by atoms with Crippen LogP contribution in [-0.4, -0.2) is 41.1 Å². The van der Waals surface area contributed by atoms with Crippen molar-refractivity contribution in [2.75, 3.05) is 7.11 Å². The van der Waals surface area contributed by atoms with Crippen LogP contribution in [0.3, 0.4) is 0 Å².